The largest absolute Gasteiger partial charge is 0.375 e. The van der Waals surface area contributed by atoms with Crippen molar-refractivity contribution >= 4 is 64.8 Å². The van der Waals surface area contributed by atoms with Crippen LogP contribution in [0.1, 0.15) is 20.9 Å². The maximum Gasteiger partial charge on any atom is 0.180 e. The molecule has 0 unspecified atom stereocenters. The van der Waals surface area contributed by atoms with Crippen LogP contribution in [0.2, 0.25) is 0 Å². The van der Waals surface area contributed by atoms with Crippen molar-refractivity contribution in [3.63, 3.8) is 0 Å². The molecule has 0 fully saturated rings. The second kappa shape index (κ2) is 10.2. The highest BCUT2D eigenvalue weighted by Gasteiger charge is 2.01. The number of anilines is 2. The van der Waals surface area contributed by atoms with Gasteiger partial charge >= 0.3 is 0 Å². The quantitative estimate of drug-likeness (QED) is 0.327. The Morgan fingerprint density at radius 2 is 1.00 bits per heavy atom. The monoisotopic (exact) mass is 536 g/mol. The number of nitrogens with two attached hydrogens (primary N) is 2. The minimum Gasteiger partial charge on any atom is -0.375 e. The fourth-order valence-electron chi connectivity index (χ4n) is 2.42. The number of aromatic nitrogens is 2. The number of hydrogen-bond donors (Lipinski definition) is 2. The predicted octanol–water partition coefficient (Wildman–Crippen LogP) is 6.16. The lowest BCUT2D eigenvalue weighted by atomic mass is 10.1. The third-order valence-electron chi connectivity index (χ3n) is 3.73. The standard InChI is InChI=1S/2C10H9BrN2S/c2*11-8-3-1-7(2-4-8)5-9-6-13-10(12)14-9/h2*1-4,6H,5H2,(H2,12,13). The molecule has 0 radical (unpaired) electrons. The highest BCUT2D eigenvalue weighted by molar-refractivity contribution is 9.10. The molecule has 0 saturated carbocycles. The molecular weight excluding hydrogens is 520 g/mol. The molecule has 2 heterocycles. The Labute approximate surface area is 188 Å². The van der Waals surface area contributed by atoms with Crippen LogP contribution in [-0.2, 0) is 12.8 Å². The summed E-state index contributed by atoms with van der Waals surface area (Å²) in [5.41, 5.74) is 13.7. The van der Waals surface area contributed by atoms with Gasteiger partial charge in [0.1, 0.15) is 0 Å². The summed E-state index contributed by atoms with van der Waals surface area (Å²) >= 11 is 9.89. The van der Waals surface area contributed by atoms with Crippen molar-refractivity contribution in [2.45, 2.75) is 12.8 Å². The SMILES string of the molecule is Nc1ncc(Cc2ccc(Br)cc2)s1.Nc1ncc(Cc2ccc(Br)cc2)s1. The number of thiazole rings is 2. The molecule has 0 amide bonds. The van der Waals surface area contributed by atoms with Gasteiger partial charge in [-0.1, -0.05) is 56.1 Å². The molecule has 28 heavy (non-hydrogen) atoms. The van der Waals surface area contributed by atoms with Gasteiger partial charge in [-0.05, 0) is 35.4 Å². The molecule has 2 aromatic heterocycles. The molecule has 4 nitrogen and oxygen atoms in total. The first-order valence-corrected chi connectivity index (χ1v) is 11.6. The van der Waals surface area contributed by atoms with E-state index >= 15 is 0 Å². The summed E-state index contributed by atoms with van der Waals surface area (Å²) in [6.07, 6.45) is 5.48. The van der Waals surface area contributed by atoms with Gasteiger partial charge < -0.3 is 11.5 Å². The Hall–Kier alpha value is -1.74. The van der Waals surface area contributed by atoms with Crippen LogP contribution in [0.15, 0.2) is 69.9 Å². The van der Waals surface area contributed by atoms with E-state index in [1.807, 2.05) is 36.7 Å². The van der Waals surface area contributed by atoms with Crippen LogP contribution in [0.4, 0.5) is 10.3 Å². The van der Waals surface area contributed by atoms with Crippen molar-refractivity contribution in [3.05, 3.63) is 90.8 Å². The molecule has 2 aromatic carbocycles. The number of benzene rings is 2. The molecule has 0 atom stereocenters. The van der Waals surface area contributed by atoms with Gasteiger partial charge in [0.2, 0.25) is 0 Å². The van der Waals surface area contributed by atoms with Crippen LogP contribution in [0.25, 0.3) is 0 Å². The van der Waals surface area contributed by atoms with Crippen LogP contribution >= 0.6 is 54.5 Å². The number of nitrogens with zero attached hydrogens (tertiary/aromatic N) is 2. The van der Waals surface area contributed by atoms with Crippen molar-refractivity contribution in [1.82, 2.24) is 9.97 Å². The lowest BCUT2D eigenvalue weighted by Gasteiger charge is -1.97. The topological polar surface area (TPSA) is 77.8 Å². The van der Waals surface area contributed by atoms with Gasteiger partial charge in [-0.15, -0.1) is 22.7 Å². The molecular formula is C20H18Br2N4S2. The van der Waals surface area contributed by atoms with E-state index in [0.29, 0.717) is 10.3 Å². The minimum absolute atomic E-state index is 0.636. The van der Waals surface area contributed by atoms with Crippen LogP contribution in [0, 0.1) is 0 Å². The van der Waals surface area contributed by atoms with Crippen LogP contribution in [-0.4, -0.2) is 9.97 Å². The van der Waals surface area contributed by atoms with Crippen molar-refractivity contribution < 1.29 is 0 Å². The predicted molar refractivity (Wildman–Crippen MR) is 127 cm³/mol. The Kier molecular flexibility index (Phi) is 7.61. The fourth-order valence-corrected chi connectivity index (χ4v) is 4.38. The maximum absolute atomic E-state index is 5.56. The zero-order chi connectivity index (χ0) is 19.9. The number of nitrogen functional groups attached to an aromatic ring is 2. The molecule has 4 rings (SSSR count). The maximum atomic E-state index is 5.56. The molecule has 4 N–H and O–H groups in total. The molecule has 0 spiro atoms. The highest BCUT2D eigenvalue weighted by Crippen LogP contribution is 2.20. The Morgan fingerprint density at radius 1 is 0.643 bits per heavy atom. The zero-order valence-electron chi connectivity index (χ0n) is 14.8. The molecule has 8 heteroatoms. The summed E-state index contributed by atoms with van der Waals surface area (Å²) in [4.78, 5) is 10.4. The van der Waals surface area contributed by atoms with E-state index in [4.69, 9.17) is 11.5 Å². The van der Waals surface area contributed by atoms with E-state index in [0.717, 1.165) is 21.8 Å². The third kappa shape index (κ3) is 6.70. The zero-order valence-corrected chi connectivity index (χ0v) is 19.6. The number of halogens is 2. The van der Waals surface area contributed by atoms with Gasteiger partial charge in [-0.3, -0.25) is 0 Å². The molecule has 0 saturated heterocycles. The molecule has 0 aliphatic rings. The Balaban J connectivity index is 0.000000161. The third-order valence-corrected chi connectivity index (χ3v) is 6.44. The van der Waals surface area contributed by atoms with Gasteiger partial charge in [0.25, 0.3) is 0 Å². The first kappa shape index (κ1) is 21.0. The van der Waals surface area contributed by atoms with Gasteiger partial charge in [0, 0.05) is 43.9 Å². The lowest BCUT2D eigenvalue weighted by molar-refractivity contribution is 1.22. The van der Waals surface area contributed by atoms with E-state index in [-0.39, 0.29) is 0 Å². The molecule has 0 aliphatic heterocycles. The first-order valence-electron chi connectivity index (χ1n) is 8.37. The van der Waals surface area contributed by atoms with E-state index in [9.17, 15) is 0 Å². The summed E-state index contributed by atoms with van der Waals surface area (Å²) in [5.74, 6) is 0. The second-order valence-corrected chi connectivity index (χ2v) is 10.1. The van der Waals surface area contributed by atoms with Crippen LogP contribution in [0.3, 0.4) is 0 Å². The Bertz CT molecular complexity index is 928. The smallest absolute Gasteiger partial charge is 0.180 e. The van der Waals surface area contributed by atoms with Crippen molar-refractivity contribution in [2.75, 3.05) is 11.5 Å². The molecule has 144 valence electrons. The Morgan fingerprint density at radius 3 is 1.29 bits per heavy atom. The summed E-state index contributed by atoms with van der Waals surface area (Å²) in [5, 5.41) is 1.27. The van der Waals surface area contributed by atoms with Gasteiger partial charge in [0.05, 0.1) is 0 Å². The van der Waals surface area contributed by atoms with Crippen molar-refractivity contribution in [2.24, 2.45) is 0 Å². The summed E-state index contributed by atoms with van der Waals surface area (Å²) in [6, 6.07) is 16.6. The van der Waals surface area contributed by atoms with Crippen molar-refractivity contribution in [3.8, 4) is 0 Å². The molecule has 0 bridgehead atoms. The summed E-state index contributed by atoms with van der Waals surface area (Å²) < 4.78 is 2.20. The van der Waals surface area contributed by atoms with Crippen LogP contribution < -0.4 is 11.5 Å². The average molecular weight is 538 g/mol. The number of rotatable bonds is 4. The van der Waals surface area contributed by atoms with E-state index in [1.54, 1.807) is 22.7 Å². The number of hydrogen-bond acceptors (Lipinski definition) is 6. The van der Waals surface area contributed by atoms with Gasteiger partial charge in [-0.2, -0.15) is 0 Å². The second-order valence-electron chi connectivity index (χ2n) is 5.94. The van der Waals surface area contributed by atoms with E-state index in [2.05, 4.69) is 66.1 Å². The van der Waals surface area contributed by atoms with Gasteiger partial charge in [-0.25, -0.2) is 9.97 Å². The summed E-state index contributed by atoms with van der Waals surface area (Å²) in [6.45, 7) is 0. The van der Waals surface area contributed by atoms with Gasteiger partial charge in [0.15, 0.2) is 10.3 Å². The molecule has 0 aliphatic carbocycles. The first-order chi connectivity index (χ1) is 13.5. The van der Waals surface area contributed by atoms with Crippen molar-refractivity contribution in [1.29, 1.82) is 0 Å². The average Bonchev–Trinajstić information content (AvgIpc) is 3.27. The normalized spacial score (nSPS) is 10.4. The summed E-state index contributed by atoms with van der Waals surface area (Å²) in [7, 11) is 0. The van der Waals surface area contributed by atoms with Crippen LogP contribution in [0.5, 0.6) is 0 Å². The fraction of sp³-hybridized carbons (Fsp3) is 0.100. The highest BCUT2D eigenvalue weighted by atomic mass is 79.9. The van der Waals surface area contributed by atoms with E-state index < -0.39 is 0 Å². The van der Waals surface area contributed by atoms with E-state index in [1.165, 1.54) is 20.9 Å². The molecule has 4 aromatic rings. The minimum atomic E-state index is 0.636. The lowest BCUT2D eigenvalue weighted by Crippen LogP contribution is -1.83.